The molecule has 1 unspecified atom stereocenters. The van der Waals surface area contributed by atoms with E-state index in [0.29, 0.717) is 16.6 Å². The largest absolute Gasteiger partial charge is 0.399 e. The van der Waals surface area contributed by atoms with Gasteiger partial charge in [-0.15, -0.1) is 0 Å². The SMILES string of the molecule is COCC(O)CCNS(=O)(=O)c1c[nH]c2cc(N)ccc12. The van der Waals surface area contributed by atoms with Crippen molar-refractivity contribution in [3.05, 3.63) is 24.4 Å². The van der Waals surface area contributed by atoms with Crippen LogP contribution in [0, 0.1) is 0 Å². The van der Waals surface area contributed by atoms with Gasteiger partial charge in [0.15, 0.2) is 0 Å². The van der Waals surface area contributed by atoms with Gasteiger partial charge in [0, 0.05) is 36.4 Å². The third kappa shape index (κ3) is 3.73. The predicted molar refractivity (Wildman–Crippen MR) is 80.4 cm³/mol. The van der Waals surface area contributed by atoms with Gasteiger partial charge in [-0.25, -0.2) is 13.1 Å². The third-order valence-electron chi connectivity index (χ3n) is 3.09. The molecule has 0 aliphatic carbocycles. The minimum absolute atomic E-state index is 0.133. The van der Waals surface area contributed by atoms with Crippen LogP contribution in [0.3, 0.4) is 0 Å². The van der Waals surface area contributed by atoms with Gasteiger partial charge in [-0.1, -0.05) is 0 Å². The molecular formula is C13H19N3O4S. The van der Waals surface area contributed by atoms with E-state index in [1.807, 2.05) is 0 Å². The average Bonchev–Trinajstić information content (AvgIpc) is 2.82. The molecule has 0 saturated heterocycles. The molecular weight excluding hydrogens is 294 g/mol. The zero-order valence-electron chi connectivity index (χ0n) is 11.7. The highest BCUT2D eigenvalue weighted by atomic mass is 32.2. The number of fused-ring (bicyclic) bond motifs is 1. The highest BCUT2D eigenvalue weighted by molar-refractivity contribution is 7.89. The van der Waals surface area contributed by atoms with Gasteiger partial charge in [-0.05, 0) is 24.6 Å². The van der Waals surface area contributed by atoms with Crippen molar-refractivity contribution in [1.82, 2.24) is 9.71 Å². The van der Waals surface area contributed by atoms with Crippen molar-refractivity contribution >= 4 is 26.6 Å². The number of rotatable bonds is 7. The van der Waals surface area contributed by atoms with Crippen molar-refractivity contribution in [3.8, 4) is 0 Å². The van der Waals surface area contributed by atoms with E-state index in [-0.39, 0.29) is 24.5 Å². The molecule has 0 fully saturated rings. The van der Waals surface area contributed by atoms with Crippen LogP contribution >= 0.6 is 0 Å². The van der Waals surface area contributed by atoms with Crippen LogP contribution in [0.25, 0.3) is 10.9 Å². The second-order valence-corrected chi connectivity index (χ2v) is 6.49. The van der Waals surface area contributed by atoms with E-state index in [1.165, 1.54) is 13.3 Å². The number of H-pyrrole nitrogens is 1. The number of ether oxygens (including phenoxy) is 1. The fourth-order valence-electron chi connectivity index (χ4n) is 2.05. The number of aliphatic hydroxyl groups is 1. The number of nitrogens with one attached hydrogen (secondary N) is 2. The van der Waals surface area contributed by atoms with Crippen molar-refractivity contribution in [2.24, 2.45) is 0 Å². The molecule has 0 aliphatic rings. The Hall–Kier alpha value is -1.61. The van der Waals surface area contributed by atoms with Crippen LogP contribution in [0.15, 0.2) is 29.3 Å². The zero-order chi connectivity index (χ0) is 15.5. The number of methoxy groups -OCH3 is 1. The van der Waals surface area contributed by atoms with Crippen LogP contribution in [-0.2, 0) is 14.8 Å². The molecule has 0 amide bonds. The molecule has 1 atom stereocenters. The van der Waals surface area contributed by atoms with E-state index in [9.17, 15) is 13.5 Å². The Morgan fingerprint density at radius 1 is 1.48 bits per heavy atom. The van der Waals surface area contributed by atoms with Crippen molar-refractivity contribution in [3.63, 3.8) is 0 Å². The number of hydrogen-bond acceptors (Lipinski definition) is 5. The van der Waals surface area contributed by atoms with Crippen molar-refractivity contribution in [2.45, 2.75) is 17.4 Å². The van der Waals surface area contributed by atoms with Crippen molar-refractivity contribution in [2.75, 3.05) is 26.0 Å². The molecule has 116 valence electrons. The summed E-state index contributed by atoms with van der Waals surface area (Å²) in [6.45, 7) is 0.308. The third-order valence-corrected chi connectivity index (χ3v) is 4.59. The molecule has 7 nitrogen and oxygen atoms in total. The molecule has 1 heterocycles. The Bertz CT molecular complexity index is 711. The predicted octanol–water partition coefficient (Wildman–Crippen LogP) is 0.426. The Morgan fingerprint density at radius 3 is 2.95 bits per heavy atom. The monoisotopic (exact) mass is 313 g/mol. The van der Waals surface area contributed by atoms with Crippen LogP contribution in [0.4, 0.5) is 5.69 Å². The quantitative estimate of drug-likeness (QED) is 0.553. The lowest BCUT2D eigenvalue weighted by molar-refractivity contribution is 0.0603. The van der Waals surface area contributed by atoms with E-state index in [0.717, 1.165) is 0 Å². The number of hydrogen-bond donors (Lipinski definition) is 4. The van der Waals surface area contributed by atoms with Crippen LogP contribution in [0.2, 0.25) is 0 Å². The highest BCUT2D eigenvalue weighted by Crippen LogP contribution is 2.24. The lowest BCUT2D eigenvalue weighted by Crippen LogP contribution is -2.28. The molecule has 5 N–H and O–H groups in total. The van der Waals surface area contributed by atoms with E-state index < -0.39 is 16.1 Å². The number of sulfonamides is 1. The number of nitrogens with two attached hydrogens (primary N) is 1. The number of aromatic nitrogens is 1. The summed E-state index contributed by atoms with van der Waals surface area (Å²) < 4.78 is 31.8. The van der Waals surface area contributed by atoms with E-state index >= 15 is 0 Å². The summed E-state index contributed by atoms with van der Waals surface area (Å²) >= 11 is 0. The lowest BCUT2D eigenvalue weighted by Gasteiger charge is -2.10. The molecule has 8 heteroatoms. The number of benzene rings is 1. The topological polar surface area (TPSA) is 117 Å². The maximum atomic E-state index is 12.3. The molecule has 2 rings (SSSR count). The summed E-state index contributed by atoms with van der Waals surface area (Å²) in [4.78, 5) is 3.05. The average molecular weight is 313 g/mol. The highest BCUT2D eigenvalue weighted by Gasteiger charge is 2.19. The summed E-state index contributed by atoms with van der Waals surface area (Å²) in [5, 5.41) is 10.1. The normalized spacial score (nSPS) is 13.6. The molecule has 2 aromatic rings. The number of anilines is 1. The van der Waals surface area contributed by atoms with Gasteiger partial charge in [-0.2, -0.15) is 0 Å². The standard InChI is InChI=1S/C13H19N3O4S/c1-20-8-10(17)4-5-16-21(18,19)13-7-15-12-6-9(14)2-3-11(12)13/h2-3,6-7,10,15-17H,4-5,8,14H2,1H3. The summed E-state index contributed by atoms with van der Waals surface area (Å²) in [6.07, 6.45) is 1.01. The lowest BCUT2D eigenvalue weighted by atomic mass is 10.2. The minimum atomic E-state index is -3.64. The maximum absolute atomic E-state index is 12.3. The van der Waals surface area contributed by atoms with Crippen LogP contribution < -0.4 is 10.5 Å². The van der Waals surface area contributed by atoms with E-state index in [1.54, 1.807) is 18.2 Å². The molecule has 0 aliphatic heterocycles. The second kappa shape index (κ2) is 6.44. The zero-order valence-corrected chi connectivity index (χ0v) is 12.5. The maximum Gasteiger partial charge on any atom is 0.242 e. The molecule has 1 aromatic carbocycles. The summed E-state index contributed by atoms with van der Waals surface area (Å²) in [5.74, 6) is 0. The first kappa shape index (κ1) is 15.8. The van der Waals surface area contributed by atoms with Gasteiger partial charge in [0.05, 0.1) is 12.7 Å². The smallest absolute Gasteiger partial charge is 0.242 e. The molecule has 0 saturated carbocycles. The Labute approximate surface area is 123 Å². The first-order valence-corrected chi connectivity index (χ1v) is 7.95. The van der Waals surface area contributed by atoms with Crippen molar-refractivity contribution < 1.29 is 18.3 Å². The first-order chi connectivity index (χ1) is 9.94. The van der Waals surface area contributed by atoms with Crippen LogP contribution in [0.5, 0.6) is 0 Å². The fourth-order valence-corrected chi connectivity index (χ4v) is 3.28. The number of aliphatic hydroxyl groups excluding tert-OH is 1. The molecule has 0 spiro atoms. The summed E-state index contributed by atoms with van der Waals surface area (Å²) in [5.41, 5.74) is 6.88. The number of aromatic amines is 1. The van der Waals surface area contributed by atoms with Crippen LogP contribution in [0.1, 0.15) is 6.42 Å². The van der Waals surface area contributed by atoms with Crippen LogP contribution in [-0.4, -0.2) is 44.9 Å². The van der Waals surface area contributed by atoms with Gasteiger partial charge in [-0.3, -0.25) is 0 Å². The number of nitrogen functional groups attached to an aromatic ring is 1. The minimum Gasteiger partial charge on any atom is -0.399 e. The van der Waals surface area contributed by atoms with E-state index in [2.05, 4.69) is 9.71 Å². The van der Waals surface area contributed by atoms with Gasteiger partial charge < -0.3 is 20.6 Å². The van der Waals surface area contributed by atoms with Crippen molar-refractivity contribution in [1.29, 1.82) is 0 Å². The molecule has 0 radical (unpaired) electrons. The summed E-state index contributed by atoms with van der Waals surface area (Å²) in [7, 11) is -2.16. The molecule has 21 heavy (non-hydrogen) atoms. The Morgan fingerprint density at radius 2 is 2.24 bits per heavy atom. The van der Waals surface area contributed by atoms with Gasteiger partial charge in [0.2, 0.25) is 10.0 Å². The van der Waals surface area contributed by atoms with E-state index in [4.69, 9.17) is 10.5 Å². The van der Waals surface area contributed by atoms with Gasteiger partial charge in [0.25, 0.3) is 0 Å². The summed E-state index contributed by atoms with van der Waals surface area (Å²) in [6, 6.07) is 4.99. The second-order valence-electron chi connectivity index (χ2n) is 4.75. The molecule has 1 aromatic heterocycles. The molecule has 0 bridgehead atoms. The van der Waals surface area contributed by atoms with Gasteiger partial charge >= 0.3 is 0 Å². The Balaban J connectivity index is 2.11. The van der Waals surface area contributed by atoms with Gasteiger partial charge in [0.1, 0.15) is 4.90 Å². The fraction of sp³-hybridized carbons (Fsp3) is 0.385. The Kier molecular flexibility index (Phi) is 4.84. The first-order valence-electron chi connectivity index (χ1n) is 6.47.